The van der Waals surface area contributed by atoms with Crippen LogP contribution in [0.3, 0.4) is 0 Å². The van der Waals surface area contributed by atoms with Crippen LogP contribution in [0.4, 0.5) is 16.2 Å². The molecule has 5 amide bonds. The summed E-state index contributed by atoms with van der Waals surface area (Å²) in [6.07, 6.45) is 0. The van der Waals surface area contributed by atoms with E-state index in [0.29, 0.717) is 21.3 Å². The molecule has 2 aromatic carbocycles. The SMILES string of the molecule is CCN1C(=O)C(=O)N(CC(=O)N2c3ccccc3Sc3ccc(Cl)cc32)C1=O. The van der Waals surface area contributed by atoms with Crippen LogP contribution < -0.4 is 4.90 Å². The predicted octanol–water partition coefficient (Wildman–Crippen LogP) is 3.28. The zero-order valence-electron chi connectivity index (χ0n) is 14.7. The monoisotopic (exact) mass is 415 g/mol. The van der Waals surface area contributed by atoms with Crippen molar-refractivity contribution in [3.63, 3.8) is 0 Å². The molecule has 0 spiro atoms. The standard InChI is InChI=1S/C19H14ClN3O4S/c1-2-21-17(25)18(26)22(19(21)27)10-16(24)23-12-5-3-4-6-14(12)28-15-8-7-11(20)9-13(15)23/h3-9H,2,10H2,1H3. The number of benzene rings is 2. The molecule has 0 N–H and O–H groups in total. The average molecular weight is 416 g/mol. The Kier molecular flexibility index (Phi) is 4.60. The van der Waals surface area contributed by atoms with E-state index in [1.165, 1.54) is 16.7 Å². The molecule has 0 radical (unpaired) electrons. The van der Waals surface area contributed by atoms with E-state index in [2.05, 4.69) is 0 Å². The molecule has 2 aliphatic rings. The molecule has 7 nitrogen and oxygen atoms in total. The van der Waals surface area contributed by atoms with Gasteiger partial charge in [-0.1, -0.05) is 35.5 Å². The predicted molar refractivity (Wildman–Crippen MR) is 104 cm³/mol. The molecule has 0 unspecified atom stereocenters. The Balaban J connectivity index is 1.72. The Hall–Kier alpha value is -2.84. The van der Waals surface area contributed by atoms with Gasteiger partial charge in [0.05, 0.1) is 11.4 Å². The lowest BCUT2D eigenvalue weighted by atomic mass is 10.2. The first-order valence-corrected chi connectivity index (χ1v) is 9.68. The van der Waals surface area contributed by atoms with Gasteiger partial charge < -0.3 is 0 Å². The van der Waals surface area contributed by atoms with Gasteiger partial charge in [0.2, 0.25) is 0 Å². The van der Waals surface area contributed by atoms with Crippen molar-refractivity contribution in [3.05, 3.63) is 47.5 Å². The van der Waals surface area contributed by atoms with Crippen molar-refractivity contribution in [2.24, 2.45) is 0 Å². The number of carbonyl (C=O) groups is 4. The summed E-state index contributed by atoms with van der Waals surface area (Å²) in [7, 11) is 0. The summed E-state index contributed by atoms with van der Waals surface area (Å²) in [5.41, 5.74) is 1.20. The van der Waals surface area contributed by atoms with E-state index in [1.54, 1.807) is 31.2 Å². The Morgan fingerprint density at radius 1 is 0.964 bits per heavy atom. The highest BCUT2D eigenvalue weighted by Gasteiger charge is 2.45. The fourth-order valence-corrected chi connectivity index (χ4v) is 4.38. The van der Waals surface area contributed by atoms with Gasteiger partial charge in [-0.2, -0.15) is 0 Å². The number of hydrogen-bond donors (Lipinski definition) is 0. The number of carbonyl (C=O) groups excluding carboxylic acids is 4. The van der Waals surface area contributed by atoms with Crippen molar-refractivity contribution in [1.82, 2.24) is 9.80 Å². The van der Waals surface area contributed by atoms with Crippen LogP contribution in [-0.2, 0) is 14.4 Å². The molecule has 2 aliphatic heterocycles. The van der Waals surface area contributed by atoms with Crippen LogP contribution in [0.5, 0.6) is 0 Å². The number of likely N-dealkylation sites (N-methyl/N-ethyl adjacent to an activating group) is 1. The van der Waals surface area contributed by atoms with Crippen LogP contribution in [0, 0.1) is 0 Å². The van der Waals surface area contributed by atoms with E-state index in [9.17, 15) is 19.2 Å². The number of urea groups is 1. The van der Waals surface area contributed by atoms with Crippen molar-refractivity contribution >= 4 is 58.5 Å². The average Bonchev–Trinajstić information content (AvgIpc) is 2.89. The van der Waals surface area contributed by atoms with Gasteiger partial charge in [0.1, 0.15) is 6.54 Å². The molecule has 0 aliphatic carbocycles. The minimum atomic E-state index is -0.994. The maximum absolute atomic E-state index is 13.2. The second kappa shape index (κ2) is 6.96. The van der Waals surface area contributed by atoms with Crippen LogP contribution in [0.2, 0.25) is 5.02 Å². The summed E-state index contributed by atoms with van der Waals surface area (Å²) >= 11 is 7.63. The van der Waals surface area contributed by atoms with E-state index in [0.717, 1.165) is 14.7 Å². The summed E-state index contributed by atoms with van der Waals surface area (Å²) in [4.78, 5) is 54.2. The summed E-state index contributed by atoms with van der Waals surface area (Å²) in [5.74, 6) is -2.42. The summed E-state index contributed by atoms with van der Waals surface area (Å²) in [5, 5.41) is 0.456. The summed E-state index contributed by atoms with van der Waals surface area (Å²) in [6.45, 7) is 1.12. The maximum atomic E-state index is 13.2. The molecule has 0 saturated carbocycles. The third-order valence-corrected chi connectivity index (χ3v) is 5.85. The molecule has 1 fully saturated rings. The number of hydrogen-bond acceptors (Lipinski definition) is 5. The lowest BCUT2D eigenvalue weighted by molar-refractivity contribution is -0.143. The number of anilines is 2. The summed E-state index contributed by atoms with van der Waals surface area (Å²) in [6, 6.07) is 11.7. The van der Waals surface area contributed by atoms with Gasteiger partial charge in [-0.3, -0.25) is 24.2 Å². The first-order chi connectivity index (χ1) is 13.4. The van der Waals surface area contributed by atoms with Crippen LogP contribution in [-0.4, -0.2) is 46.6 Å². The number of imide groups is 2. The Bertz CT molecular complexity index is 1040. The zero-order valence-corrected chi connectivity index (χ0v) is 16.3. The highest BCUT2D eigenvalue weighted by Crippen LogP contribution is 2.48. The quantitative estimate of drug-likeness (QED) is 0.568. The lowest BCUT2D eigenvalue weighted by Crippen LogP contribution is -2.42. The van der Waals surface area contributed by atoms with Gasteiger partial charge in [0, 0.05) is 21.4 Å². The topological polar surface area (TPSA) is 78.0 Å². The fraction of sp³-hybridized carbons (Fsp3) is 0.158. The molecule has 0 bridgehead atoms. The number of nitrogens with zero attached hydrogens (tertiary/aromatic N) is 3. The first kappa shape index (κ1) is 18.5. The van der Waals surface area contributed by atoms with E-state index in [4.69, 9.17) is 11.6 Å². The van der Waals surface area contributed by atoms with Gasteiger partial charge >= 0.3 is 17.8 Å². The van der Waals surface area contributed by atoms with Crippen LogP contribution in [0.25, 0.3) is 0 Å². The maximum Gasteiger partial charge on any atom is 0.334 e. The van der Waals surface area contributed by atoms with Gasteiger partial charge in [-0.25, -0.2) is 9.69 Å². The molecular weight excluding hydrogens is 402 g/mol. The molecule has 1 saturated heterocycles. The smallest absolute Gasteiger partial charge is 0.277 e. The number of halogens is 1. The van der Waals surface area contributed by atoms with E-state index < -0.39 is 30.3 Å². The lowest BCUT2D eigenvalue weighted by Gasteiger charge is -2.32. The number of amides is 5. The molecular formula is C19H14ClN3O4S. The second-order valence-corrected chi connectivity index (χ2v) is 7.65. The van der Waals surface area contributed by atoms with Crippen LogP contribution in [0.1, 0.15) is 6.92 Å². The Morgan fingerprint density at radius 2 is 1.64 bits per heavy atom. The van der Waals surface area contributed by atoms with E-state index in [-0.39, 0.29) is 6.54 Å². The molecule has 9 heteroatoms. The number of para-hydroxylation sites is 1. The van der Waals surface area contributed by atoms with Gasteiger partial charge in [-0.15, -0.1) is 0 Å². The minimum absolute atomic E-state index is 0.0652. The molecule has 142 valence electrons. The van der Waals surface area contributed by atoms with Crippen molar-refractivity contribution in [3.8, 4) is 0 Å². The van der Waals surface area contributed by atoms with Crippen molar-refractivity contribution in [2.75, 3.05) is 18.0 Å². The summed E-state index contributed by atoms with van der Waals surface area (Å²) < 4.78 is 0. The van der Waals surface area contributed by atoms with Gasteiger partial charge in [-0.05, 0) is 37.3 Å². The number of rotatable bonds is 3. The van der Waals surface area contributed by atoms with Crippen molar-refractivity contribution in [1.29, 1.82) is 0 Å². The molecule has 28 heavy (non-hydrogen) atoms. The Labute approximate surface area is 169 Å². The van der Waals surface area contributed by atoms with E-state index in [1.807, 2.05) is 18.2 Å². The highest BCUT2D eigenvalue weighted by atomic mass is 35.5. The second-order valence-electron chi connectivity index (χ2n) is 6.13. The normalized spacial score (nSPS) is 15.8. The third kappa shape index (κ3) is 2.85. The fourth-order valence-electron chi connectivity index (χ4n) is 3.17. The largest absolute Gasteiger partial charge is 0.334 e. The molecule has 2 heterocycles. The van der Waals surface area contributed by atoms with Gasteiger partial charge in [0.15, 0.2) is 0 Å². The molecule has 2 aromatic rings. The van der Waals surface area contributed by atoms with Crippen LogP contribution in [0.15, 0.2) is 52.3 Å². The zero-order chi connectivity index (χ0) is 20.0. The minimum Gasteiger partial charge on any atom is -0.277 e. The number of fused-ring (bicyclic) bond motifs is 2. The van der Waals surface area contributed by atoms with Crippen molar-refractivity contribution in [2.45, 2.75) is 16.7 Å². The molecule has 4 rings (SSSR count). The van der Waals surface area contributed by atoms with E-state index >= 15 is 0 Å². The van der Waals surface area contributed by atoms with Crippen molar-refractivity contribution < 1.29 is 19.2 Å². The van der Waals surface area contributed by atoms with Gasteiger partial charge in [0.25, 0.3) is 5.91 Å². The van der Waals surface area contributed by atoms with Crippen LogP contribution >= 0.6 is 23.4 Å². The first-order valence-electron chi connectivity index (χ1n) is 8.49. The molecule has 0 atom stereocenters. The third-order valence-electron chi connectivity index (χ3n) is 4.48. The molecule has 0 aromatic heterocycles. The Morgan fingerprint density at radius 3 is 2.36 bits per heavy atom. The highest BCUT2D eigenvalue weighted by molar-refractivity contribution is 7.99.